The van der Waals surface area contributed by atoms with Gasteiger partial charge < -0.3 is 5.32 Å². The highest BCUT2D eigenvalue weighted by Gasteiger charge is 2.11. The first-order valence-electron chi connectivity index (χ1n) is 7.03. The molecule has 1 nitrogen and oxygen atoms in total. The summed E-state index contributed by atoms with van der Waals surface area (Å²) in [4.78, 5) is 0. The van der Waals surface area contributed by atoms with Gasteiger partial charge in [-0.3, -0.25) is 0 Å². The van der Waals surface area contributed by atoms with Crippen molar-refractivity contribution in [3.05, 3.63) is 68.7 Å². The fraction of sp³-hybridized carbons (Fsp3) is 0.333. The maximum Gasteiger partial charge on any atom is 0.0300 e. The molecule has 0 radical (unpaired) electrons. The van der Waals surface area contributed by atoms with Crippen molar-refractivity contribution in [3.63, 3.8) is 0 Å². The van der Waals surface area contributed by atoms with E-state index in [1.54, 1.807) is 0 Å². The van der Waals surface area contributed by atoms with Crippen LogP contribution >= 0.6 is 15.9 Å². The molecule has 0 aromatic heterocycles. The van der Waals surface area contributed by atoms with Crippen molar-refractivity contribution >= 4 is 15.9 Å². The van der Waals surface area contributed by atoms with Crippen LogP contribution in [0.15, 0.2) is 40.9 Å². The standard InChI is InChI=1S/C18H22BrN/c1-12-9-13(2)18(14(3)10-12)15(4)20-11-16-5-7-17(19)8-6-16/h5-10,15,20H,11H2,1-4H3. The molecule has 2 rings (SSSR count). The summed E-state index contributed by atoms with van der Waals surface area (Å²) in [7, 11) is 0. The zero-order valence-corrected chi connectivity index (χ0v) is 14.2. The number of hydrogen-bond donors (Lipinski definition) is 1. The number of hydrogen-bond acceptors (Lipinski definition) is 1. The minimum Gasteiger partial charge on any atom is -0.306 e. The molecule has 0 saturated carbocycles. The summed E-state index contributed by atoms with van der Waals surface area (Å²) in [6, 6.07) is 13.4. The molecule has 0 amide bonds. The van der Waals surface area contributed by atoms with Crippen molar-refractivity contribution < 1.29 is 0 Å². The summed E-state index contributed by atoms with van der Waals surface area (Å²) >= 11 is 3.47. The van der Waals surface area contributed by atoms with E-state index in [4.69, 9.17) is 0 Å². The van der Waals surface area contributed by atoms with Gasteiger partial charge in [0.2, 0.25) is 0 Å². The fourth-order valence-corrected chi connectivity index (χ4v) is 3.11. The second kappa shape index (κ2) is 6.55. The number of rotatable bonds is 4. The number of halogens is 1. The third-order valence-electron chi connectivity index (χ3n) is 3.70. The van der Waals surface area contributed by atoms with E-state index in [2.05, 4.69) is 85.3 Å². The Balaban J connectivity index is 2.09. The molecule has 0 aliphatic heterocycles. The Bertz CT molecular complexity index is 564. The van der Waals surface area contributed by atoms with Crippen LogP contribution < -0.4 is 5.32 Å². The molecule has 2 heteroatoms. The Morgan fingerprint density at radius 2 is 1.55 bits per heavy atom. The van der Waals surface area contributed by atoms with Crippen molar-refractivity contribution in [1.29, 1.82) is 0 Å². The van der Waals surface area contributed by atoms with Gasteiger partial charge in [0.05, 0.1) is 0 Å². The van der Waals surface area contributed by atoms with Gasteiger partial charge in [-0.1, -0.05) is 45.8 Å². The van der Waals surface area contributed by atoms with Gasteiger partial charge >= 0.3 is 0 Å². The minimum absolute atomic E-state index is 0.360. The van der Waals surface area contributed by atoms with Crippen molar-refractivity contribution in [1.82, 2.24) is 5.32 Å². The lowest BCUT2D eigenvalue weighted by molar-refractivity contribution is 0.569. The summed E-state index contributed by atoms with van der Waals surface area (Å²) in [6.07, 6.45) is 0. The third-order valence-corrected chi connectivity index (χ3v) is 4.23. The molecule has 0 aliphatic rings. The van der Waals surface area contributed by atoms with E-state index in [9.17, 15) is 0 Å². The van der Waals surface area contributed by atoms with E-state index in [1.165, 1.54) is 27.8 Å². The topological polar surface area (TPSA) is 12.0 Å². The zero-order chi connectivity index (χ0) is 14.7. The van der Waals surface area contributed by atoms with Gasteiger partial charge in [0.25, 0.3) is 0 Å². The summed E-state index contributed by atoms with van der Waals surface area (Å²) in [5, 5.41) is 3.62. The van der Waals surface area contributed by atoms with Crippen LogP contribution in [-0.4, -0.2) is 0 Å². The van der Waals surface area contributed by atoms with E-state index in [0.717, 1.165) is 11.0 Å². The maximum atomic E-state index is 3.62. The van der Waals surface area contributed by atoms with E-state index in [1.807, 2.05) is 0 Å². The molecule has 1 atom stereocenters. The highest BCUT2D eigenvalue weighted by atomic mass is 79.9. The van der Waals surface area contributed by atoms with Gasteiger partial charge in [0.1, 0.15) is 0 Å². The van der Waals surface area contributed by atoms with Crippen LogP contribution in [0.3, 0.4) is 0 Å². The van der Waals surface area contributed by atoms with Crippen molar-refractivity contribution in [2.75, 3.05) is 0 Å². The quantitative estimate of drug-likeness (QED) is 0.809. The molecule has 0 bridgehead atoms. The van der Waals surface area contributed by atoms with Crippen LogP contribution in [0.2, 0.25) is 0 Å². The molecule has 1 unspecified atom stereocenters. The Morgan fingerprint density at radius 3 is 2.10 bits per heavy atom. The van der Waals surface area contributed by atoms with E-state index >= 15 is 0 Å². The van der Waals surface area contributed by atoms with E-state index in [0.29, 0.717) is 6.04 Å². The minimum atomic E-state index is 0.360. The average Bonchev–Trinajstić information content (AvgIpc) is 2.37. The number of nitrogens with one attached hydrogen (secondary N) is 1. The largest absolute Gasteiger partial charge is 0.306 e. The van der Waals surface area contributed by atoms with Gasteiger partial charge in [0.15, 0.2) is 0 Å². The lowest BCUT2D eigenvalue weighted by Crippen LogP contribution is -2.20. The third kappa shape index (κ3) is 3.71. The van der Waals surface area contributed by atoms with Gasteiger partial charge in [-0.05, 0) is 62.1 Å². The van der Waals surface area contributed by atoms with Crippen molar-refractivity contribution in [2.45, 2.75) is 40.3 Å². The lowest BCUT2D eigenvalue weighted by atomic mass is 9.95. The average molecular weight is 332 g/mol. The highest BCUT2D eigenvalue weighted by Crippen LogP contribution is 2.23. The molecule has 0 heterocycles. The van der Waals surface area contributed by atoms with Crippen LogP contribution in [0.1, 0.15) is 40.8 Å². The van der Waals surface area contributed by atoms with Gasteiger partial charge in [-0.15, -0.1) is 0 Å². The van der Waals surface area contributed by atoms with Gasteiger partial charge in [0, 0.05) is 17.1 Å². The summed E-state index contributed by atoms with van der Waals surface area (Å²) in [5.41, 5.74) is 6.82. The van der Waals surface area contributed by atoms with Gasteiger partial charge in [-0.2, -0.15) is 0 Å². The SMILES string of the molecule is Cc1cc(C)c(C(C)NCc2ccc(Br)cc2)c(C)c1. The molecular weight excluding hydrogens is 310 g/mol. The van der Waals surface area contributed by atoms with Crippen molar-refractivity contribution in [2.24, 2.45) is 0 Å². The molecule has 0 fully saturated rings. The van der Waals surface area contributed by atoms with Crippen LogP contribution in [0.4, 0.5) is 0 Å². The Hall–Kier alpha value is -1.12. The molecule has 0 aliphatic carbocycles. The highest BCUT2D eigenvalue weighted by molar-refractivity contribution is 9.10. The number of aryl methyl sites for hydroxylation is 3. The Morgan fingerprint density at radius 1 is 1.00 bits per heavy atom. The van der Waals surface area contributed by atoms with E-state index < -0.39 is 0 Å². The van der Waals surface area contributed by atoms with Gasteiger partial charge in [-0.25, -0.2) is 0 Å². The van der Waals surface area contributed by atoms with Crippen LogP contribution in [0, 0.1) is 20.8 Å². The molecule has 0 spiro atoms. The molecule has 20 heavy (non-hydrogen) atoms. The lowest BCUT2D eigenvalue weighted by Gasteiger charge is -2.20. The molecular formula is C18H22BrN. The second-order valence-corrected chi connectivity index (χ2v) is 6.46. The smallest absolute Gasteiger partial charge is 0.0300 e. The molecule has 2 aromatic rings. The van der Waals surface area contributed by atoms with Crippen molar-refractivity contribution in [3.8, 4) is 0 Å². The normalized spacial score (nSPS) is 12.4. The fourth-order valence-electron chi connectivity index (χ4n) is 2.85. The Labute approximate surface area is 130 Å². The first kappa shape index (κ1) is 15.3. The number of benzene rings is 2. The predicted octanol–water partition coefficient (Wildman–Crippen LogP) is 5.23. The summed E-state index contributed by atoms with van der Waals surface area (Å²) in [5.74, 6) is 0. The first-order valence-corrected chi connectivity index (χ1v) is 7.82. The summed E-state index contributed by atoms with van der Waals surface area (Å²) < 4.78 is 1.12. The maximum absolute atomic E-state index is 3.62. The first-order chi connectivity index (χ1) is 9.47. The molecule has 2 aromatic carbocycles. The van der Waals surface area contributed by atoms with E-state index in [-0.39, 0.29) is 0 Å². The monoisotopic (exact) mass is 331 g/mol. The zero-order valence-electron chi connectivity index (χ0n) is 12.6. The molecule has 0 saturated heterocycles. The second-order valence-electron chi connectivity index (χ2n) is 5.54. The molecule has 106 valence electrons. The van der Waals surface area contributed by atoms with Crippen LogP contribution in [0.5, 0.6) is 0 Å². The molecule has 1 N–H and O–H groups in total. The summed E-state index contributed by atoms with van der Waals surface area (Å²) in [6.45, 7) is 9.69. The van der Waals surface area contributed by atoms with Crippen LogP contribution in [0.25, 0.3) is 0 Å². The Kier molecular flexibility index (Phi) is 5.00. The predicted molar refractivity (Wildman–Crippen MR) is 90.0 cm³/mol. The van der Waals surface area contributed by atoms with Crippen LogP contribution in [-0.2, 0) is 6.54 Å².